The van der Waals surface area contributed by atoms with Gasteiger partial charge in [-0.05, 0) is 19.4 Å². The topological polar surface area (TPSA) is 21.7 Å². The van der Waals surface area contributed by atoms with Crippen LogP contribution in [-0.4, -0.2) is 44.5 Å². The van der Waals surface area contributed by atoms with Crippen molar-refractivity contribution in [3.8, 4) is 0 Å². The van der Waals surface area contributed by atoms with Crippen LogP contribution in [0.25, 0.3) is 0 Å². The first-order chi connectivity index (χ1) is 6.68. The predicted octanol–water partition coefficient (Wildman–Crippen LogP) is 1.73. The van der Waals surface area contributed by atoms with Gasteiger partial charge in [-0.15, -0.1) is 0 Å². The maximum absolute atomic E-state index is 5.48. The summed E-state index contributed by atoms with van der Waals surface area (Å²) < 4.78 is 11.0. The van der Waals surface area contributed by atoms with Crippen LogP contribution < -0.4 is 0 Å². The van der Waals surface area contributed by atoms with Crippen molar-refractivity contribution < 1.29 is 9.47 Å². The van der Waals surface area contributed by atoms with Crippen molar-refractivity contribution in [1.29, 1.82) is 0 Å². The first-order valence-electron chi connectivity index (χ1n) is 5.60. The number of ether oxygens (including phenoxy) is 2. The summed E-state index contributed by atoms with van der Waals surface area (Å²) in [5, 5.41) is 0. The molecule has 0 bridgehead atoms. The molecule has 1 aliphatic heterocycles. The number of rotatable bonds is 5. The van der Waals surface area contributed by atoms with Crippen LogP contribution in [0.4, 0.5) is 0 Å². The second kappa shape index (κ2) is 6.38. The van der Waals surface area contributed by atoms with E-state index < -0.39 is 0 Å². The number of hydrogen-bond acceptors (Lipinski definition) is 3. The normalized spacial score (nSPS) is 19.5. The summed E-state index contributed by atoms with van der Waals surface area (Å²) in [4.78, 5) is 2.34. The molecule has 0 atom stereocenters. The van der Waals surface area contributed by atoms with E-state index in [-0.39, 0.29) is 6.29 Å². The molecule has 84 valence electrons. The minimum Gasteiger partial charge on any atom is -0.353 e. The standard InChI is InChI=1S/C11H23NO2/c1-10(2)9-12(3)6-5-11-13-7-4-8-14-11/h10-11H,4-9H2,1-3H3. The third-order valence-corrected chi connectivity index (χ3v) is 2.32. The van der Waals surface area contributed by atoms with Crippen LogP contribution in [0, 0.1) is 5.92 Å². The molecule has 1 fully saturated rings. The second-order valence-electron chi connectivity index (χ2n) is 4.47. The molecule has 0 spiro atoms. The Morgan fingerprint density at radius 2 is 1.93 bits per heavy atom. The highest BCUT2D eigenvalue weighted by molar-refractivity contribution is 4.58. The van der Waals surface area contributed by atoms with Crippen molar-refractivity contribution in [2.75, 3.05) is 33.4 Å². The van der Waals surface area contributed by atoms with E-state index >= 15 is 0 Å². The van der Waals surface area contributed by atoms with Gasteiger partial charge in [-0.3, -0.25) is 0 Å². The number of hydrogen-bond donors (Lipinski definition) is 0. The van der Waals surface area contributed by atoms with E-state index in [2.05, 4.69) is 25.8 Å². The van der Waals surface area contributed by atoms with Crippen LogP contribution in [0.1, 0.15) is 26.7 Å². The van der Waals surface area contributed by atoms with Crippen molar-refractivity contribution in [2.45, 2.75) is 33.0 Å². The van der Waals surface area contributed by atoms with Gasteiger partial charge in [0.2, 0.25) is 0 Å². The Kier molecular flexibility index (Phi) is 5.45. The highest BCUT2D eigenvalue weighted by atomic mass is 16.7. The maximum atomic E-state index is 5.48. The van der Waals surface area contributed by atoms with Crippen molar-refractivity contribution >= 4 is 0 Å². The average Bonchev–Trinajstić information content (AvgIpc) is 2.15. The van der Waals surface area contributed by atoms with Gasteiger partial charge in [0, 0.05) is 19.5 Å². The zero-order valence-electron chi connectivity index (χ0n) is 9.66. The molecular weight excluding hydrogens is 178 g/mol. The lowest BCUT2D eigenvalue weighted by Crippen LogP contribution is -2.31. The predicted molar refractivity (Wildman–Crippen MR) is 57.3 cm³/mol. The summed E-state index contributed by atoms with van der Waals surface area (Å²) in [6.45, 7) is 8.40. The lowest BCUT2D eigenvalue weighted by atomic mass is 10.2. The van der Waals surface area contributed by atoms with E-state index in [1.165, 1.54) is 0 Å². The first-order valence-corrected chi connectivity index (χ1v) is 5.60. The van der Waals surface area contributed by atoms with Crippen LogP contribution in [0.3, 0.4) is 0 Å². The molecule has 0 aromatic rings. The summed E-state index contributed by atoms with van der Waals surface area (Å²) in [6.07, 6.45) is 2.07. The second-order valence-corrected chi connectivity index (χ2v) is 4.47. The van der Waals surface area contributed by atoms with Crippen molar-refractivity contribution in [2.24, 2.45) is 5.92 Å². The molecule has 0 amide bonds. The molecule has 3 nitrogen and oxygen atoms in total. The highest BCUT2D eigenvalue weighted by Crippen LogP contribution is 2.09. The SMILES string of the molecule is CC(C)CN(C)CCC1OCCCO1. The molecule has 14 heavy (non-hydrogen) atoms. The summed E-state index contributed by atoms with van der Waals surface area (Å²) in [6, 6.07) is 0. The first kappa shape index (κ1) is 12.0. The van der Waals surface area contributed by atoms with Gasteiger partial charge in [-0.2, -0.15) is 0 Å². The molecule has 1 saturated heterocycles. The molecule has 0 unspecified atom stereocenters. The van der Waals surface area contributed by atoms with Gasteiger partial charge >= 0.3 is 0 Å². The Labute approximate surface area is 87.4 Å². The molecule has 0 aliphatic carbocycles. The van der Waals surface area contributed by atoms with Gasteiger partial charge in [0.1, 0.15) is 0 Å². The monoisotopic (exact) mass is 201 g/mol. The van der Waals surface area contributed by atoms with E-state index in [4.69, 9.17) is 9.47 Å². The summed E-state index contributed by atoms with van der Waals surface area (Å²) in [7, 11) is 2.16. The largest absolute Gasteiger partial charge is 0.353 e. The van der Waals surface area contributed by atoms with E-state index in [9.17, 15) is 0 Å². The molecular formula is C11H23NO2. The van der Waals surface area contributed by atoms with Gasteiger partial charge in [0.15, 0.2) is 6.29 Å². The average molecular weight is 201 g/mol. The van der Waals surface area contributed by atoms with Gasteiger partial charge < -0.3 is 14.4 Å². The molecule has 0 saturated carbocycles. The molecule has 0 radical (unpaired) electrons. The van der Waals surface area contributed by atoms with E-state index in [1.807, 2.05) is 0 Å². The van der Waals surface area contributed by atoms with E-state index in [0.29, 0.717) is 0 Å². The third-order valence-electron chi connectivity index (χ3n) is 2.32. The summed E-state index contributed by atoms with van der Waals surface area (Å²) >= 11 is 0. The van der Waals surface area contributed by atoms with Crippen LogP contribution in [0.2, 0.25) is 0 Å². The Morgan fingerprint density at radius 3 is 2.50 bits per heavy atom. The molecule has 3 heteroatoms. The molecule has 0 aromatic heterocycles. The van der Waals surface area contributed by atoms with Gasteiger partial charge in [0.25, 0.3) is 0 Å². The Balaban J connectivity index is 2.06. The lowest BCUT2D eigenvalue weighted by Gasteiger charge is -2.26. The molecule has 1 heterocycles. The lowest BCUT2D eigenvalue weighted by molar-refractivity contribution is -0.182. The van der Waals surface area contributed by atoms with Gasteiger partial charge in [-0.1, -0.05) is 13.8 Å². The fraction of sp³-hybridized carbons (Fsp3) is 1.00. The molecule has 0 aromatic carbocycles. The van der Waals surface area contributed by atoms with Crippen LogP contribution in [0.15, 0.2) is 0 Å². The summed E-state index contributed by atoms with van der Waals surface area (Å²) in [5.74, 6) is 0.730. The Bertz CT molecular complexity index is 144. The van der Waals surface area contributed by atoms with Crippen LogP contribution >= 0.6 is 0 Å². The smallest absolute Gasteiger partial charge is 0.158 e. The van der Waals surface area contributed by atoms with Crippen molar-refractivity contribution in [3.05, 3.63) is 0 Å². The molecule has 1 aliphatic rings. The number of nitrogens with zero attached hydrogens (tertiary/aromatic N) is 1. The molecule has 0 N–H and O–H groups in total. The highest BCUT2D eigenvalue weighted by Gasteiger charge is 2.14. The minimum absolute atomic E-state index is 0.0402. The Hall–Kier alpha value is -0.120. The quantitative estimate of drug-likeness (QED) is 0.676. The van der Waals surface area contributed by atoms with Gasteiger partial charge in [0.05, 0.1) is 13.2 Å². The Morgan fingerprint density at radius 1 is 1.29 bits per heavy atom. The summed E-state index contributed by atoms with van der Waals surface area (Å²) in [5.41, 5.74) is 0. The van der Waals surface area contributed by atoms with E-state index in [0.717, 1.165) is 45.1 Å². The maximum Gasteiger partial charge on any atom is 0.158 e. The molecule has 1 rings (SSSR count). The fourth-order valence-electron chi connectivity index (χ4n) is 1.74. The van der Waals surface area contributed by atoms with E-state index in [1.54, 1.807) is 0 Å². The van der Waals surface area contributed by atoms with Crippen LogP contribution in [0.5, 0.6) is 0 Å². The minimum atomic E-state index is 0.0402. The third kappa shape index (κ3) is 4.94. The van der Waals surface area contributed by atoms with Gasteiger partial charge in [-0.25, -0.2) is 0 Å². The zero-order chi connectivity index (χ0) is 10.4. The van der Waals surface area contributed by atoms with Crippen molar-refractivity contribution in [3.63, 3.8) is 0 Å². The zero-order valence-corrected chi connectivity index (χ0v) is 9.66. The van der Waals surface area contributed by atoms with Crippen molar-refractivity contribution in [1.82, 2.24) is 4.90 Å². The van der Waals surface area contributed by atoms with Crippen LogP contribution in [-0.2, 0) is 9.47 Å². The fourth-order valence-corrected chi connectivity index (χ4v) is 1.74.